The minimum absolute atomic E-state index is 0. The summed E-state index contributed by atoms with van der Waals surface area (Å²) in [6.45, 7) is 6.54. The van der Waals surface area contributed by atoms with Gasteiger partial charge in [-0.15, -0.1) is 24.8 Å². The number of benzene rings is 1. The summed E-state index contributed by atoms with van der Waals surface area (Å²) in [7, 11) is 0. The van der Waals surface area contributed by atoms with Gasteiger partial charge < -0.3 is 5.32 Å². The number of halogens is 4. The van der Waals surface area contributed by atoms with Gasteiger partial charge in [0.15, 0.2) is 0 Å². The Morgan fingerprint density at radius 1 is 1.19 bits per heavy atom. The predicted molar refractivity (Wildman–Crippen MR) is 97.7 cm³/mol. The lowest BCUT2D eigenvalue weighted by molar-refractivity contribution is 0.163. The Morgan fingerprint density at radius 3 is 2.43 bits per heavy atom. The molecule has 1 aliphatic rings. The summed E-state index contributed by atoms with van der Waals surface area (Å²) >= 11 is 12.4. The van der Waals surface area contributed by atoms with Crippen molar-refractivity contribution in [3.8, 4) is 0 Å². The number of piperazine rings is 1. The third kappa shape index (κ3) is 6.13. The van der Waals surface area contributed by atoms with E-state index in [-0.39, 0.29) is 24.8 Å². The molecule has 0 saturated carbocycles. The van der Waals surface area contributed by atoms with Gasteiger partial charge in [0.25, 0.3) is 0 Å². The van der Waals surface area contributed by atoms with Gasteiger partial charge in [-0.1, -0.05) is 49.0 Å². The van der Waals surface area contributed by atoms with Crippen LogP contribution in [0.2, 0.25) is 10.0 Å². The standard InChI is InChI=1S/C15H22Cl2N2.2ClH/c1-2-3-4-15(19-9-7-18-8-10-19)13-6-5-12(16)11-14(13)17;;/h5-6,11,15,18H,2-4,7-10H2,1H3;2*1H/t15-;;/m1../s1. The average Bonchev–Trinajstić information content (AvgIpc) is 2.42. The maximum atomic E-state index is 6.40. The number of hydrogen-bond donors (Lipinski definition) is 1. The molecule has 0 bridgehead atoms. The second-order valence-corrected chi connectivity index (χ2v) is 5.95. The third-order valence-corrected chi connectivity index (χ3v) is 4.31. The Morgan fingerprint density at radius 2 is 1.86 bits per heavy atom. The number of rotatable bonds is 5. The molecule has 0 spiro atoms. The molecule has 0 amide bonds. The van der Waals surface area contributed by atoms with Crippen molar-refractivity contribution in [1.82, 2.24) is 10.2 Å². The topological polar surface area (TPSA) is 15.3 Å². The molecule has 1 atom stereocenters. The molecule has 1 saturated heterocycles. The summed E-state index contributed by atoms with van der Waals surface area (Å²) in [6.07, 6.45) is 3.61. The largest absolute Gasteiger partial charge is 0.314 e. The SMILES string of the molecule is CCCC[C@H](c1ccc(Cl)cc1Cl)N1CCNCC1.Cl.Cl. The summed E-state index contributed by atoms with van der Waals surface area (Å²) in [6, 6.07) is 6.32. The van der Waals surface area contributed by atoms with Crippen molar-refractivity contribution in [2.45, 2.75) is 32.2 Å². The van der Waals surface area contributed by atoms with E-state index in [4.69, 9.17) is 23.2 Å². The minimum atomic E-state index is 0. The maximum Gasteiger partial charge on any atom is 0.0468 e. The normalized spacial score (nSPS) is 16.7. The van der Waals surface area contributed by atoms with Gasteiger partial charge in [-0.25, -0.2) is 0 Å². The summed E-state index contributed by atoms with van der Waals surface area (Å²) in [5, 5.41) is 4.91. The fourth-order valence-electron chi connectivity index (χ4n) is 2.70. The molecule has 1 heterocycles. The highest BCUT2D eigenvalue weighted by molar-refractivity contribution is 6.35. The smallest absolute Gasteiger partial charge is 0.0468 e. The summed E-state index contributed by atoms with van der Waals surface area (Å²) < 4.78 is 0. The number of nitrogens with zero attached hydrogens (tertiary/aromatic N) is 1. The Labute approximate surface area is 150 Å². The second-order valence-electron chi connectivity index (χ2n) is 5.11. The predicted octanol–water partition coefficient (Wildman–Crippen LogP) is 4.97. The first-order valence-electron chi connectivity index (χ1n) is 7.12. The molecular formula is C15H24Cl4N2. The van der Waals surface area contributed by atoms with Gasteiger partial charge in [0.05, 0.1) is 0 Å². The molecule has 1 fully saturated rings. The molecule has 1 aromatic rings. The van der Waals surface area contributed by atoms with Gasteiger partial charge in [-0.3, -0.25) is 4.90 Å². The lowest BCUT2D eigenvalue weighted by Gasteiger charge is -2.35. The molecule has 0 radical (unpaired) electrons. The second kappa shape index (κ2) is 10.9. The molecule has 0 aromatic heterocycles. The zero-order valence-electron chi connectivity index (χ0n) is 12.3. The van der Waals surface area contributed by atoms with Gasteiger partial charge >= 0.3 is 0 Å². The van der Waals surface area contributed by atoms with Crippen LogP contribution in [0.5, 0.6) is 0 Å². The molecule has 2 nitrogen and oxygen atoms in total. The number of unbranched alkanes of at least 4 members (excludes halogenated alkanes) is 1. The molecule has 6 heteroatoms. The molecule has 1 aliphatic heterocycles. The summed E-state index contributed by atoms with van der Waals surface area (Å²) in [4.78, 5) is 2.54. The molecule has 0 unspecified atom stereocenters. The summed E-state index contributed by atoms with van der Waals surface area (Å²) in [5.74, 6) is 0. The Hall–Kier alpha value is 0.300. The highest BCUT2D eigenvalue weighted by Gasteiger charge is 2.23. The van der Waals surface area contributed by atoms with E-state index in [1.807, 2.05) is 12.1 Å². The Bertz CT molecular complexity index is 409. The minimum Gasteiger partial charge on any atom is -0.314 e. The van der Waals surface area contributed by atoms with Crippen LogP contribution < -0.4 is 5.32 Å². The van der Waals surface area contributed by atoms with Crippen LogP contribution in [0.4, 0.5) is 0 Å². The van der Waals surface area contributed by atoms with Crippen LogP contribution in [0.15, 0.2) is 18.2 Å². The average molecular weight is 374 g/mol. The van der Waals surface area contributed by atoms with Crippen LogP contribution in [0.25, 0.3) is 0 Å². The van der Waals surface area contributed by atoms with E-state index in [1.54, 1.807) is 0 Å². The van der Waals surface area contributed by atoms with E-state index in [2.05, 4.69) is 23.2 Å². The Kier molecular flexibility index (Phi) is 11.1. The third-order valence-electron chi connectivity index (χ3n) is 3.74. The summed E-state index contributed by atoms with van der Waals surface area (Å²) in [5.41, 5.74) is 1.22. The molecule has 21 heavy (non-hydrogen) atoms. The van der Waals surface area contributed by atoms with Gasteiger partial charge in [-0.05, 0) is 24.1 Å². The first-order chi connectivity index (χ1) is 9.22. The van der Waals surface area contributed by atoms with E-state index in [9.17, 15) is 0 Å². The fourth-order valence-corrected chi connectivity index (χ4v) is 3.23. The lowest BCUT2D eigenvalue weighted by atomic mass is 9.98. The van der Waals surface area contributed by atoms with Gasteiger partial charge in [-0.2, -0.15) is 0 Å². The van der Waals surface area contributed by atoms with Crippen LogP contribution in [-0.4, -0.2) is 31.1 Å². The molecule has 2 rings (SSSR count). The fraction of sp³-hybridized carbons (Fsp3) is 0.600. The van der Waals surface area contributed by atoms with Crippen LogP contribution in [0.3, 0.4) is 0 Å². The number of nitrogens with one attached hydrogen (secondary N) is 1. The first kappa shape index (κ1) is 21.3. The monoisotopic (exact) mass is 372 g/mol. The molecule has 0 aliphatic carbocycles. The highest BCUT2D eigenvalue weighted by Crippen LogP contribution is 2.33. The van der Waals surface area contributed by atoms with Crippen molar-refractivity contribution in [3.63, 3.8) is 0 Å². The lowest BCUT2D eigenvalue weighted by Crippen LogP contribution is -2.45. The molecule has 122 valence electrons. The van der Waals surface area contributed by atoms with Crippen molar-refractivity contribution >= 4 is 48.0 Å². The van der Waals surface area contributed by atoms with Crippen molar-refractivity contribution < 1.29 is 0 Å². The molecule has 1 aromatic carbocycles. The Balaban J connectivity index is 0.00000200. The molecule has 1 N–H and O–H groups in total. The quantitative estimate of drug-likeness (QED) is 0.783. The van der Waals surface area contributed by atoms with E-state index >= 15 is 0 Å². The van der Waals surface area contributed by atoms with E-state index in [0.29, 0.717) is 11.1 Å². The van der Waals surface area contributed by atoms with Crippen LogP contribution >= 0.6 is 48.0 Å². The maximum absolute atomic E-state index is 6.40. The van der Waals surface area contributed by atoms with Crippen molar-refractivity contribution in [1.29, 1.82) is 0 Å². The highest BCUT2D eigenvalue weighted by atomic mass is 35.5. The van der Waals surface area contributed by atoms with Crippen LogP contribution in [-0.2, 0) is 0 Å². The van der Waals surface area contributed by atoms with E-state index < -0.39 is 0 Å². The van der Waals surface area contributed by atoms with E-state index in [1.165, 1.54) is 18.4 Å². The van der Waals surface area contributed by atoms with Crippen molar-refractivity contribution in [2.24, 2.45) is 0 Å². The number of hydrogen-bond acceptors (Lipinski definition) is 2. The molecular weight excluding hydrogens is 350 g/mol. The van der Waals surface area contributed by atoms with Crippen LogP contribution in [0, 0.1) is 0 Å². The van der Waals surface area contributed by atoms with Crippen LogP contribution in [0.1, 0.15) is 37.8 Å². The van der Waals surface area contributed by atoms with Gasteiger partial charge in [0.1, 0.15) is 0 Å². The van der Waals surface area contributed by atoms with Gasteiger partial charge in [0.2, 0.25) is 0 Å². The zero-order chi connectivity index (χ0) is 13.7. The van der Waals surface area contributed by atoms with Crippen molar-refractivity contribution in [2.75, 3.05) is 26.2 Å². The first-order valence-corrected chi connectivity index (χ1v) is 7.87. The van der Waals surface area contributed by atoms with E-state index in [0.717, 1.165) is 37.6 Å². The van der Waals surface area contributed by atoms with Crippen molar-refractivity contribution in [3.05, 3.63) is 33.8 Å². The van der Waals surface area contributed by atoms with Gasteiger partial charge in [0, 0.05) is 42.3 Å². The zero-order valence-corrected chi connectivity index (χ0v) is 15.4.